The molecule has 0 fully saturated rings. The van der Waals surface area contributed by atoms with Gasteiger partial charge in [-0.3, -0.25) is 0 Å². The fourth-order valence-electron chi connectivity index (χ4n) is 2.15. The highest BCUT2D eigenvalue weighted by Gasteiger charge is 2.18. The molecular formula is C16H17F2N. The molecule has 0 aliphatic heterocycles. The Labute approximate surface area is 112 Å². The Morgan fingerprint density at radius 3 is 2.11 bits per heavy atom. The van der Waals surface area contributed by atoms with E-state index in [0.29, 0.717) is 6.42 Å². The molecule has 0 saturated heterocycles. The molecule has 0 radical (unpaired) electrons. The van der Waals surface area contributed by atoms with Crippen molar-refractivity contribution >= 4 is 0 Å². The first-order chi connectivity index (χ1) is 9.11. The summed E-state index contributed by atoms with van der Waals surface area (Å²) in [6.07, 6.45) is 0.550. The summed E-state index contributed by atoms with van der Waals surface area (Å²) in [5, 5.41) is 2.98. The smallest absolute Gasteiger partial charge is 0.130 e. The summed E-state index contributed by atoms with van der Waals surface area (Å²) in [6, 6.07) is 11.6. The van der Waals surface area contributed by atoms with Crippen molar-refractivity contribution in [3.63, 3.8) is 0 Å². The number of aryl methyl sites for hydroxylation is 1. The maximum atomic E-state index is 13.8. The van der Waals surface area contributed by atoms with Gasteiger partial charge in [0.2, 0.25) is 0 Å². The molecule has 2 rings (SSSR count). The quantitative estimate of drug-likeness (QED) is 0.883. The Morgan fingerprint density at radius 1 is 1.00 bits per heavy atom. The Kier molecular flexibility index (Phi) is 4.27. The van der Waals surface area contributed by atoms with E-state index < -0.39 is 11.6 Å². The number of likely N-dealkylation sites (N-methyl/N-ethyl adjacent to an activating group) is 1. The van der Waals surface area contributed by atoms with E-state index in [1.807, 2.05) is 31.2 Å². The van der Waals surface area contributed by atoms with Crippen LogP contribution in [0.25, 0.3) is 0 Å². The molecule has 1 nitrogen and oxygen atoms in total. The maximum Gasteiger partial charge on any atom is 0.130 e. The average molecular weight is 261 g/mol. The number of halogens is 2. The topological polar surface area (TPSA) is 12.0 Å². The van der Waals surface area contributed by atoms with Gasteiger partial charge in [0.25, 0.3) is 0 Å². The zero-order valence-electron chi connectivity index (χ0n) is 11.1. The van der Waals surface area contributed by atoms with Crippen molar-refractivity contribution in [1.29, 1.82) is 0 Å². The second-order valence-electron chi connectivity index (χ2n) is 4.67. The summed E-state index contributed by atoms with van der Waals surface area (Å²) in [6.45, 7) is 2.01. The van der Waals surface area contributed by atoms with E-state index >= 15 is 0 Å². The van der Waals surface area contributed by atoms with Crippen molar-refractivity contribution in [1.82, 2.24) is 5.32 Å². The van der Waals surface area contributed by atoms with Gasteiger partial charge in [0.15, 0.2) is 0 Å². The highest BCUT2D eigenvalue weighted by molar-refractivity contribution is 5.28. The molecular weight excluding hydrogens is 244 g/mol. The second kappa shape index (κ2) is 5.93. The average Bonchev–Trinajstić information content (AvgIpc) is 2.39. The maximum absolute atomic E-state index is 13.8. The van der Waals surface area contributed by atoms with Crippen molar-refractivity contribution in [3.8, 4) is 0 Å². The van der Waals surface area contributed by atoms with Crippen LogP contribution in [-0.4, -0.2) is 7.05 Å². The molecule has 0 spiro atoms. The fourth-order valence-corrected chi connectivity index (χ4v) is 2.15. The molecule has 3 heteroatoms. The van der Waals surface area contributed by atoms with Gasteiger partial charge in [-0.25, -0.2) is 8.78 Å². The van der Waals surface area contributed by atoms with Crippen LogP contribution in [0.5, 0.6) is 0 Å². The molecule has 100 valence electrons. The van der Waals surface area contributed by atoms with E-state index in [1.54, 1.807) is 7.05 Å². The largest absolute Gasteiger partial charge is 0.313 e. The van der Waals surface area contributed by atoms with Crippen molar-refractivity contribution in [3.05, 3.63) is 70.8 Å². The zero-order chi connectivity index (χ0) is 13.8. The number of nitrogens with one attached hydrogen (secondary N) is 1. The third kappa shape index (κ3) is 3.18. The molecule has 0 saturated carbocycles. The lowest BCUT2D eigenvalue weighted by Gasteiger charge is -2.18. The normalized spacial score (nSPS) is 12.4. The molecule has 1 atom stereocenters. The van der Waals surface area contributed by atoms with Gasteiger partial charge in [-0.2, -0.15) is 0 Å². The molecule has 2 aromatic carbocycles. The van der Waals surface area contributed by atoms with Crippen molar-refractivity contribution in [2.24, 2.45) is 0 Å². The summed E-state index contributed by atoms with van der Waals surface area (Å²) >= 11 is 0. The van der Waals surface area contributed by atoms with Crippen molar-refractivity contribution < 1.29 is 8.78 Å². The minimum Gasteiger partial charge on any atom is -0.313 e. The third-order valence-electron chi connectivity index (χ3n) is 3.26. The van der Waals surface area contributed by atoms with Crippen LogP contribution in [0.4, 0.5) is 8.78 Å². The molecule has 1 N–H and O–H groups in total. The SMILES string of the molecule is CNC(Cc1ccc(C)cc1)c1c(F)cccc1F. The molecule has 1 unspecified atom stereocenters. The predicted molar refractivity (Wildman–Crippen MR) is 73.0 cm³/mol. The molecule has 0 aliphatic carbocycles. The second-order valence-corrected chi connectivity index (χ2v) is 4.67. The van der Waals surface area contributed by atoms with E-state index in [2.05, 4.69) is 5.32 Å². The third-order valence-corrected chi connectivity index (χ3v) is 3.26. The van der Waals surface area contributed by atoms with Gasteiger partial charge >= 0.3 is 0 Å². The summed E-state index contributed by atoms with van der Waals surface area (Å²) in [5.74, 6) is -1.02. The molecule has 2 aromatic rings. The summed E-state index contributed by atoms with van der Waals surface area (Å²) < 4.78 is 27.5. The van der Waals surface area contributed by atoms with Crippen LogP contribution in [-0.2, 0) is 6.42 Å². The van der Waals surface area contributed by atoms with Crippen LogP contribution in [0.1, 0.15) is 22.7 Å². The van der Waals surface area contributed by atoms with Crippen LogP contribution >= 0.6 is 0 Å². The molecule has 0 bridgehead atoms. The number of hydrogen-bond donors (Lipinski definition) is 1. The number of rotatable bonds is 4. The van der Waals surface area contributed by atoms with Gasteiger partial charge in [-0.15, -0.1) is 0 Å². The monoisotopic (exact) mass is 261 g/mol. The van der Waals surface area contributed by atoms with Gasteiger partial charge in [0.1, 0.15) is 11.6 Å². The van der Waals surface area contributed by atoms with Gasteiger partial charge in [0.05, 0.1) is 0 Å². The summed E-state index contributed by atoms with van der Waals surface area (Å²) in [5.41, 5.74) is 2.32. The van der Waals surface area contributed by atoms with E-state index in [1.165, 1.54) is 23.8 Å². The lowest BCUT2D eigenvalue weighted by atomic mass is 9.97. The van der Waals surface area contributed by atoms with Gasteiger partial charge in [0, 0.05) is 11.6 Å². The van der Waals surface area contributed by atoms with Crippen LogP contribution in [0.15, 0.2) is 42.5 Å². The first-order valence-electron chi connectivity index (χ1n) is 6.28. The lowest BCUT2D eigenvalue weighted by molar-refractivity contribution is 0.489. The Balaban J connectivity index is 2.27. The zero-order valence-corrected chi connectivity index (χ0v) is 11.1. The molecule has 0 aromatic heterocycles. The Morgan fingerprint density at radius 2 is 1.58 bits per heavy atom. The fraction of sp³-hybridized carbons (Fsp3) is 0.250. The summed E-state index contributed by atoms with van der Waals surface area (Å²) in [7, 11) is 1.71. The van der Waals surface area contributed by atoms with Gasteiger partial charge in [-0.05, 0) is 38.1 Å². The Bertz CT molecular complexity index is 529. The van der Waals surface area contributed by atoms with Crippen LogP contribution in [0.3, 0.4) is 0 Å². The predicted octanol–water partition coefficient (Wildman–Crippen LogP) is 3.78. The molecule has 0 heterocycles. The van der Waals surface area contributed by atoms with Gasteiger partial charge < -0.3 is 5.32 Å². The van der Waals surface area contributed by atoms with Crippen LogP contribution in [0, 0.1) is 18.6 Å². The minimum atomic E-state index is -0.508. The van der Waals surface area contributed by atoms with Crippen LogP contribution < -0.4 is 5.32 Å². The van der Waals surface area contributed by atoms with Crippen molar-refractivity contribution in [2.45, 2.75) is 19.4 Å². The first kappa shape index (κ1) is 13.7. The molecule has 0 amide bonds. The van der Waals surface area contributed by atoms with E-state index in [4.69, 9.17) is 0 Å². The number of benzene rings is 2. The van der Waals surface area contributed by atoms with Crippen LogP contribution in [0.2, 0.25) is 0 Å². The molecule has 19 heavy (non-hydrogen) atoms. The lowest BCUT2D eigenvalue weighted by Crippen LogP contribution is -2.21. The van der Waals surface area contributed by atoms with Crippen molar-refractivity contribution in [2.75, 3.05) is 7.05 Å². The highest BCUT2D eigenvalue weighted by Crippen LogP contribution is 2.24. The van der Waals surface area contributed by atoms with E-state index in [0.717, 1.165) is 5.56 Å². The van der Waals surface area contributed by atoms with Gasteiger partial charge in [-0.1, -0.05) is 35.9 Å². The van der Waals surface area contributed by atoms with E-state index in [9.17, 15) is 8.78 Å². The first-order valence-corrected chi connectivity index (χ1v) is 6.28. The number of hydrogen-bond acceptors (Lipinski definition) is 1. The molecule has 0 aliphatic rings. The van der Waals surface area contributed by atoms with E-state index in [-0.39, 0.29) is 11.6 Å². The Hall–Kier alpha value is -1.74. The standard InChI is InChI=1S/C16H17F2N/c1-11-6-8-12(9-7-11)10-15(19-2)16-13(17)4-3-5-14(16)18/h3-9,15,19H,10H2,1-2H3. The highest BCUT2D eigenvalue weighted by atomic mass is 19.1. The summed E-state index contributed by atoms with van der Waals surface area (Å²) in [4.78, 5) is 0. The minimum absolute atomic E-state index is 0.102.